The van der Waals surface area contributed by atoms with Gasteiger partial charge in [-0.15, -0.1) is 48.1 Å². The predicted octanol–water partition coefficient (Wildman–Crippen LogP) is 16.3. The number of hydrogen-bond acceptors (Lipinski definition) is 4. The molecule has 0 amide bonds. The van der Waals surface area contributed by atoms with Gasteiger partial charge in [0.1, 0.15) is 5.82 Å². The summed E-state index contributed by atoms with van der Waals surface area (Å²) in [6.45, 7) is 29.9. The summed E-state index contributed by atoms with van der Waals surface area (Å²) in [6, 6.07) is 69.6. The molecule has 2 aliphatic heterocycles. The summed E-state index contributed by atoms with van der Waals surface area (Å²) in [5.41, 5.74) is 19.5. The van der Waals surface area contributed by atoms with Gasteiger partial charge in [0.25, 0.3) is 0 Å². The summed E-state index contributed by atoms with van der Waals surface area (Å²) >= 11 is 0. The van der Waals surface area contributed by atoms with Crippen LogP contribution in [0.25, 0.3) is 49.9 Å². The van der Waals surface area contributed by atoms with Gasteiger partial charge in [0.15, 0.2) is 0 Å². The van der Waals surface area contributed by atoms with Crippen LogP contribution in [-0.4, -0.2) is 16.3 Å². The smallest absolute Gasteiger partial charge is 0.217 e. The Morgan fingerprint density at radius 1 is 0.481 bits per heavy atom. The van der Waals surface area contributed by atoms with Crippen molar-refractivity contribution >= 4 is 67.7 Å². The van der Waals surface area contributed by atoms with Gasteiger partial charge in [-0.25, -0.2) is 4.98 Å². The Bertz CT molecular complexity index is 3860. The van der Waals surface area contributed by atoms with E-state index in [2.05, 4.69) is 280 Å². The van der Waals surface area contributed by atoms with Crippen LogP contribution < -0.4 is 30.9 Å². The molecule has 0 saturated heterocycles. The molecule has 0 unspecified atom stereocenters. The third-order valence-electron chi connectivity index (χ3n) is 15.6. The number of pyridine rings is 1. The number of ether oxygens (including phenoxy) is 1. The first kappa shape index (κ1) is 51.9. The molecule has 0 saturated carbocycles. The number of para-hydroxylation sites is 2. The summed E-state index contributed by atoms with van der Waals surface area (Å²) in [5.74, 6) is 2.09. The largest absolute Gasteiger partial charge is 0.509 e. The average Bonchev–Trinajstić information content (AvgIpc) is 4.17. The van der Waals surface area contributed by atoms with Crippen LogP contribution in [0.15, 0.2) is 176 Å². The number of benzene rings is 8. The summed E-state index contributed by atoms with van der Waals surface area (Å²) in [5, 5.41) is 2.44. The Balaban J connectivity index is 0.00000631. The normalized spacial score (nSPS) is 13.5. The summed E-state index contributed by atoms with van der Waals surface area (Å²) in [6.07, 6.45) is 1.93. The van der Waals surface area contributed by atoms with E-state index in [0.717, 1.165) is 45.2 Å². The van der Waals surface area contributed by atoms with Crippen molar-refractivity contribution in [3.05, 3.63) is 217 Å². The van der Waals surface area contributed by atoms with Crippen LogP contribution in [0.2, 0.25) is 0 Å². The second kappa shape index (κ2) is 19.1. The molecule has 8 aromatic carbocycles. The first-order valence-electron chi connectivity index (χ1n) is 26.9. The van der Waals surface area contributed by atoms with Crippen LogP contribution in [0.3, 0.4) is 0 Å². The third-order valence-corrected chi connectivity index (χ3v) is 15.6. The van der Waals surface area contributed by atoms with Crippen LogP contribution in [0.4, 0.5) is 22.7 Å². The minimum atomic E-state index is -0.115. The Hall–Kier alpha value is -7.14. The zero-order chi connectivity index (χ0) is 53.1. The third kappa shape index (κ3) is 9.31. The van der Waals surface area contributed by atoms with Crippen LogP contribution in [-0.2, 0) is 42.7 Å². The van der Waals surface area contributed by atoms with E-state index in [-0.39, 0.29) is 49.4 Å². The van der Waals surface area contributed by atoms with E-state index in [1.54, 1.807) is 0 Å². The van der Waals surface area contributed by atoms with Crippen molar-refractivity contribution in [2.45, 2.75) is 105 Å². The van der Waals surface area contributed by atoms with Crippen molar-refractivity contribution < 1.29 is 25.8 Å². The Labute approximate surface area is 471 Å². The molecule has 0 spiro atoms. The van der Waals surface area contributed by atoms with Crippen molar-refractivity contribution in [3.8, 4) is 39.6 Å². The molecule has 0 atom stereocenters. The van der Waals surface area contributed by atoms with Crippen LogP contribution in [0.5, 0.6) is 11.5 Å². The molecule has 77 heavy (non-hydrogen) atoms. The molecule has 2 aliphatic rings. The fourth-order valence-corrected chi connectivity index (χ4v) is 11.3. The van der Waals surface area contributed by atoms with Gasteiger partial charge in [0.2, 0.25) is 6.71 Å². The molecule has 12 rings (SSSR count). The van der Waals surface area contributed by atoms with Crippen molar-refractivity contribution in [2.24, 2.45) is 0 Å². The average molecular weight is 1190 g/mol. The van der Waals surface area contributed by atoms with Gasteiger partial charge >= 0.3 is 0 Å². The van der Waals surface area contributed by atoms with Gasteiger partial charge < -0.3 is 19.1 Å². The summed E-state index contributed by atoms with van der Waals surface area (Å²) in [7, 11) is 0. The second-order valence-corrected chi connectivity index (χ2v) is 25.1. The number of rotatable bonds is 8. The topological polar surface area (TPSA) is 33.5 Å². The molecule has 5 nitrogen and oxygen atoms in total. The molecule has 0 radical (unpaired) electrons. The number of aromatic nitrogens is 2. The molecule has 0 aliphatic carbocycles. The van der Waals surface area contributed by atoms with Crippen molar-refractivity contribution in [3.63, 3.8) is 0 Å². The maximum Gasteiger partial charge on any atom is 0.217 e. The van der Waals surface area contributed by atoms with Gasteiger partial charge in [-0.3, -0.25) is 0 Å². The minimum absolute atomic E-state index is 0. The molecule has 2 aromatic heterocycles. The Kier molecular flexibility index (Phi) is 12.9. The summed E-state index contributed by atoms with van der Waals surface area (Å²) < 4.78 is 9.32. The molecule has 0 N–H and O–H groups in total. The Morgan fingerprint density at radius 3 is 1.71 bits per heavy atom. The zero-order valence-corrected chi connectivity index (χ0v) is 48.7. The van der Waals surface area contributed by atoms with E-state index in [0.29, 0.717) is 11.5 Å². The van der Waals surface area contributed by atoms with Gasteiger partial charge in [-0.05, 0) is 97.5 Å². The second-order valence-electron chi connectivity index (χ2n) is 25.1. The molecule has 10 aromatic rings. The van der Waals surface area contributed by atoms with E-state index in [4.69, 9.17) is 9.72 Å². The maximum atomic E-state index is 7.04. The van der Waals surface area contributed by atoms with E-state index in [1.165, 1.54) is 66.1 Å². The van der Waals surface area contributed by atoms with Crippen molar-refractivity contribution in [2.75, 3.05) is 9.80 Å². The first-order valence-corrected chi connectivity index (χ1v) is 26.9. The van der Waals surface area contributed by atoms with Crippen LogP contribution in [0, 0.1) is 18.8 Å². The number of nitrogens with zero attached hydrogens (tertiary/aromatic N) is 4. The molecule has 4 heterocycles. The van der Waals surface area contributed by atoms with Crippen LogP contribution >= 0.6 is 0 Å². The van der Waals surface area contributed by atoms with E-state index in [1.807, 2.05) is 12.3 Å². The zero-order valence-electron chi connectivity index (χ0n) is 46.4. The van der Waals surface area contributed by atoms with Gasteiger partial charge in [-0.2, -0.15) is 11.5 Å². The Morgan fingerprint density at radius 2 is 1.06 bits per heavy atom. The quantitative estimate of drug-likeness (QED) is 0.112. The first-order chi connectivity index (χ1) is 36.2. The predicted molar refractivity (Wildman–Crippen MR) is 321 cm³/mol. The molecule has 0 fully saturated rings. The van der Waals surface area contributed by atoms with Crippen LogP contribution in [0.1, 0.15) is 105 Å². The SMILES string of the molecule is CC(C)(C)c1cc(-c2cc(C(C)(C)C)cc(-c3ccccc3)c2N2[CH-]N(c3[c-]c(Oc4[c-]c5c6c(c4)B(c4ccccc4)c4cccc(c46)n5-c4cc(C(C)(C)C)ccn4)ccc3)c3ccccc32)cc(C(C)(C)C)c1.[Pt]. The fourth-order valence-electron chi connectivity index (χ4n) is 11.3. The van der Waals surface area contributed by atoms with E-state index < -0.39 is 0 Å². The fraction of sp³-hybridized carbons (Fsp3) is 0.229. The molecular formula is C70H66BN4OPt-3. The number of hydrogen-bond donors (Lipinski definition) is 0. The minimum Gasteiger partial charge on any atom is -0.509 e. The van der Waals surface area contributed by atoms with E-state index in [9.17, 15) is 0 Å². The number of anilines is 4. The van der Waals surface area contributed by atoms with Gasteiger partial charge in [0, 0.05) is 72.5 Å². The standard InChI is InChI=1S/C70H66BN4O.Pt/c1-67(2,3)47-33-34-72-63(40-47)75-61-32-22-29-57-64(61)65-58(71(57)51-25-17-14-18-26-51)42-54(43-62(65)75)76-53-28-21-27-52(41-53)73-44-74(60-31-20-19-30-59(60)73)66-55(45-23-15-13-16-24-45)38-50(70(10,11)12)39-56(66)46-35-48(68(4,5)6)37-49(36-46)69(7,8)9;/h13-40,42,44H,1-12H3;/q-3;. The van der Waals surface area contributed by atoms with Crippen molar-refractivity contribution in [1.29, 1.82) is 0 Å². The monoisotopic (exact) mass is 1180 g/mol. The molecule has 388 valence electrons. The summed E-state index contributed by atoms with van der Waals surface area (Å²) in [4.78, 5) is 9.67. The maximum absolute atomic E-state index is 7.04. The van der Waals surface area contributed by atoms with Gasteiger partial charge in [0.05, 0.1) is 0 Å². The number of fused-ring (bicyclic) bond motifs is 1. The van der Waals surface area contributed by atoms with Crippen molar-refractivity contribution in [1.82, 2.24) is 9.55 Å². The molecule has 0 bridgehead atoms. The molecule has 7 heteroatoms. The van der Waals surface area contributed by atoms with E-state index >= 15 is 0 Å². The molecular weight excluding hydrogens is 1120 g/mol. The van der Waals surface area contributed by atoms with Gasteiger partial charge in [-0.1, -0.05) is 208 Å².